The molecule has 4 nitrogen and oxygen atoms in total. The Labute approximate surface area is 137 Å². The summed E-state index contributed by atoms with van der Waals surface area (Å²) >= 11 is 0. The zero-order chi connectivity index (χ0) is 16.1. The summed E-state index contributed by atoms with van der Waals surface area (Å²) in [6.45, 7) is 5.49. The van der Waals surface area contributed by atoms with Gasteiger partial charge in [0.05, 0.1) is 18.8 Å². The molecule has 0 unspecified atom stereocenters. The van der Waals surface area contributed by atoms with Gasteiger partial charge < -0.3 is 20.1 Å². The lowest BCUT2D eigenvalue weighted by atomic mass is 10.2. The fourth-order valence-electron chi connectivity index (χ4n) is 2.83. The van der Waals surface area contributed by atoms with Crippen molar-refractivity contribution in [2.75, 3.05) is 36.9 Å². The number of nitrogen functional groups attached to an aromatic ring is 1. The second kappa shape index (κ2) is 7.27. The molecule has 1 aliphatic rings. The topological polar surface area (TPSA) is 47.7 Å². The van der Waals surface area contributed by atoms with Crippen molar-refractivity contribution in [1.29, 1.82) is 0 Å². The molecule has 1 aliphatic heterocycles. The van der Waals surface area contributed by atoms with E-state index >= 15 is 0 Å². The first kappa shape index (κ1) is 15.5. The van der Waals surface area contributed by atoms with E-state index in [1.165, 1.54) is 5.56 Å². The van der Waals surface area contributed by atoms with E-state index in [4.69, 9.17) is 15.2 Å². The van der Waals surface area contributed by atoms with E-state index in [1.54, 1.807) is 0 Å². The van der Waals surface area contributed by atoms with Crippen LogP contribution in [0.3, 0.4) is 0 Å². The lowest BCUT2D eigenvalue weighted by Gasteiger charge is -2.31. The van der Waals surface area contributed by atoms with E-state index in [0.717, 1.165) is 62.0 Å². The molecule has 4 heteroatoms. The van der Waals surface area contributed by atoms with Gasteiger partial charge in [-0.3, -0.25) is 0 Å². The highest BCUT2D eigenvalue weighted by molar-refractivity contribution is 5.65. The molecule has 2 N–H and O–H groups in total. The van der Waals surface area contributed by atoms with E-state index in [0.29, 0.717) is 0 Å². The van der Waals surface area contributed by atoms with Crippen LogP contribution in [0.4, 0.5) is 11.4 Å². The van der Waals surface area contributed by atoms with E-state index in [1.807, 2.05) is 30.3 Å². The number of nitrogens with two attached hydrogens (primary N) is 1. The number of unbranched alkanes of at least 4 members (excludes halogenated alkanes) is 1. The Morgan fingerprint density at radius 2 is 2.09 bits per heavy atom. The van der Waals surface area contributed by atoms with E-state index in [2.05, 4.69) is 24.0 Å². The van der Waals surface area contributed by atoms with Crippen LogP contribution < -0.4 is 20.1 Å². The third-order valence-electron chi connectivity index (χ3n) is 4.02. The molecule has 122 valence electrons. The fourth-order valence-corrected chi connectivity index (χ4v) is 2.83. The molecule has 0 aliphatic carbocycles. The molecule has 0 saturated heterocycles. The first-order valence-corrected chi connectivity index (χ1v) is 8.19. The van der Waals surface area contributed by atoms with Crippen LogP contribution in [0.15, 0.2) is 42.5 Å². The van der Waals surface area contributed by atoms with Crippen molar-refractivity contribution in [2.24, 2.45) is 0 Å². The van der Waals surface area contributed by atoms with E-state index in [9.17, 15) is 0 Å². The van der Waals surface area contributed by atoms with E-state index < -0.39 is 0 Å². The van der Waals surface area contributed by atoms with Gasteiger partial charge in [-0.1, -0.05) is 12.1 Å². The largest absolute Gasteiger partial charge is 0.494 e. The molecular formula is C19H24N2O2. The Hall–Kier alpha value is -2.36. The number of rotatable bonds is 6. The number of hydrogen-bond acceptors (Lipinski definition) is 4. The Bertz CT molecular complexity index is 658. The van der Waals surface area contributed by atoms with Gasteiger partial charge in [0.2, 0.25) is 0 Å². The summed E-state index contributed by atoms with van der Waals surface area (Å²) in [5.74, 6) is 1.85. The van der Waals surface area contributed by atoms with Crippen molar-refractivity contribution in [3.05, 3.63) is 48.0 Å². The van der Waals surface area contributed by atoms with Crippen LogP contribution in [-0.2, 0) is 0 Å². The molecule has 0 bridgehead atoms. The number of anilines is 2. The quantitative estimate of drug-likeness (QED) is 0.653. The predicted molar refractivity (Wildman–Crippen MR) is 94.5 cm³/mol. The van der Waals surface area contributed by atoms with Crippen molar-refractivity contribution in [3.8, 4) is 11.5 Å². The predicted octanol–water partition coefficient (Wildman–Crippen LogP) is 3.64. The number of ether oxygens (including phenoxy) is 2. The number of aryl methyl sites for hydroxylation is 1. The van der Waals surface area contributed by atoms with Gasteiger partial charge in [0, 0.05) is 18.3 Å². The molecule has 0 atom stereocenters. The van der Waals surface area contributed by atoms with Crippen molar-refractivity contribution >= 4 is 11.4 Å². The highest BCUT2D eigenvalue weighted by Gasteiger charge is 2.17. The standard InChI is InChI=1S/C19H24N2O2/c1-15-5-4-6-17(13-15)22-11-3-2-9-21-10-12-23-19-14-16(20)7-8-18(19)21/h4-8,13-14H,2-3,9-12,20H2,1H3. The normalized spacial score (nSPS) is 13.3. The van der Waals surface area contributed by atoms with Gasteiger partial charge in [-0.25, -0.2) is 0 Å². The zero-order valence-electron chi connectivity index (χ0n) is 13.6. The Morgan fingerprint density at radius 1 is 1.17 bits per heavy atom. The van der Waals surface area contributed by atoms with Gasteiger partial charge in [0.1, 0.15) is 18.1 Å². The van der Waals surface area contributed by atoms with Crippen molar-refractivity contribution in [1.82, 2.24) is 0 Å². The molecule has 3 rings (SSSR count). The van der Waals surface area contributed by atoms with Gasteiger partial charge in [-0.15, -0.1) is 0 Å². The Morgan fingerprint density at radius 3 is 2.96 bits per heavy atom. The van der Waals surface area contributed by atoms with Gasteiger partial charge in [0.15, 0.2) is 0 Å². The summed E-state index contributed by atoms with van der Waals surface area (Å²) in [5.41, 5.74) is 8.94. The van der Waals surface area contributed by atoms with Gasteiger partial charge in [0.25, 0.3) is 0 Å². The highest BCUT2D eigenvalue weighted by atomic mass is 16.5. The number of fused-ring (bicyclic) bond motifs is 1. The minimum absolute atomic E-state index is 0.718. The first-order chi connectivity index (χ1) is 11.2. The van der Waals surface area contributed by atoms with Crippen LogP contribution in [-0.4, -0.2) is 26.3 Å². The van der Waals surface area contributed by atoms with Crippen molar-refractivity contribution in [2.45, 2.75) is 19.8 Å². The van der Waals surface area contributed by atoms with Crippen LogP contribution in [0.25, 0.3) is 0 Å². The second-order valence-corrected chi connectivity index (χ2v) is 5.93. The Balaban J connectivity index is 1.45. The van der Waals surface area contributed by atoms with Gasteiger partial charge in [-0.05, 0) is 49.6 Å². The van der Waals surface area contributed by atoms with Gasteiger partial charge >= 0.3 is 0 Å². The van der Waals surface area contributed by atoms with Crippen LogP contribution in [0.5, 0.6) is 11.5 Å². The molecule has 2 aromatic carbocycles. The number of hydrogen-bond donors (Lipinski definition) is 1. The van der Waals surface area contributed by atoms with Crippen LogP contribution >= 0.6 is 0 Å². The lowest BCUT2D eigenvalue weighted by Crippen LogP contribution is -2.33. The minimum Gasteiger partial charge on any atom is -0.494 e. The molecule has 0 saturated carbocycles. The molecule has 1 heterocycles. The summed E-state index contributed by atoms with van der Waals surface area (Å²) in [5, 5.41) is 0. The molecule has 0 aromatic heterocycles. The van der Waals surface area contributed by atoms with Crippen molar-refractivity contribution in [3.63, 3.8) is 0 Å². The maximum Gasteiger partial charge on any atom is 0.144 e. The molecule has 0 amide bonds. The third-order valence-corrected chi connectivity index (χ3v) is 4.02. The maximum absolute atomic E-state index is 5.82. The molecule has 0 fully saturated rings. The molecule has 0 spiro atoms. The molecular weight excluding hydrogens is 288 g/mol. The maximum atomic E-state index is 5.82. The minimum atomic E-state index is 0.718. The molecule has 0 radical (unpaired) electrons. The summed E-state index contributed by atoms with van der Waals surface area (Å²) in [6.07, 6.45) is 2.13. The summed E-state index contributed by atoms with van der Waals surface area (Å²) in [6, 6.07) is 14.1. The first-order valence-electron chi connectivity index (χ1n) is 8.19. The van der Waals surface area contributed by atoms with Crippen molar-refractivity contribution < 1.29 is 9.47 Å². The molecule has 2 aromatic rings. The van der Waals surface area contributed by atoms with Crippen LogP contribution in [0.2, 0.25) is 0 Å². The SMILES string of the molecule is Cc1cccc(OCCCCN2CCOc3cc(N)ccc32)c1. The van der Waals surface area contributed by atoms with Crippen LogP contribution in [0.1, 0.15) is 18.4 Å². The third kappa shape index (κ3) is 4.09. The lowest BCUT2D eigenvalue weighted by molar-refractivity contribution is 0.297. The summed E-state index contributed by atoms with van der Waals surface area (Å²) in [4.78, 5) is 2.37. The second-order valence-electron chi connectivity index (χ2n) is 5.93. The van der Waals surface area contributed by atoms with Gasteiger partial charge in [-0.2, -0.15) is 0 Å². The number of nitrogens with zero attached hydrogens (tertiary/aromatic N) is 1. The molecule has 23 heavy (non-hydrogen) atoms. The van der Waals surface area contributed by atoms with E-state index in [-0.39, 0.29) is 0 Å². The van der Waals surface area contributed by atoms with Crippen LogP contribution in [0, 0.1) is 6.92 Å². The smallest absolute Gasteiger partial charge is 0.144 e. The summed E-state index contributed by atoms with van der Waals surface area (Å²) < 4.78 is 11.5. The fraction of sp³-hybridized carbons (Fsp3) is 0.368. The monoisotopic (exact) mass is 312 g/mol. The average Bonchev–Trinajstić information content (AvgIpc) is 2.54. The zero-order valence-corrected chi connectivity index (χ0v) is 13.6. The Kier molecular flexibility index (Phi) is 4.91. The summed E-state index contributed by atoms with van der Waals surface area (Å²) in [7, 11) is 0. The number of benzene rings is 2. The highest BCUT2D eigenvalue weighted by Crippen LogP contribution is 2.33. The average molecular weight is 312 g/mol.